The van der Waals surface area contributed by atoms with Crippen molar-refractivity contribution in [3.8, 4) is 5.75 Å². The average Bonchev–Trinajstić information content (AvgIpc) is 2.32. The quantitative estimate of drug-likeness (QED) is 0.671. The molecule has 1 rings (SSSR count). The van der Waals surface area contributed by atoms with Gasteiger partial charge in [0, 0.05) is 24.8 Å². The number of hydrogen-bond donors (Lipinski definition) is 3. The lowest BCUT2D eigenvalue weighted by molar-refractivity contribution is -0.0521. The zero-order chi connectivity index (χ0) is 14.4. The third-order valence-corrected chi connectivity index (χ3v) is 2.52. The minimum Gasteiger partial charge on any atom is -0.432 e. The Hall–Kier alpha value is -1.63. The molecule has 0 spiro atoms. The number of aliphatic hydroxyl groups is 1. The van der Waals surface area contributed by atoms with Crippen LogP contribution in [0.25, 0.3) is 0 Å². The SMILES string of the molecule is CC(CCCO)Nc1cc(OC(F)F)c(F)cc1N. The molecule has 0 bridgehead atoms. The maximum atomic E-state index is 13.3. The molecule has 0 radical (unpaired) electrons. The number of anilines is 2. The average molecular weight is 278 g/mol. The maximum Gasteiger partial charge on any atom is 0.387 e. The van der Waals surface area contributed by atoms with Crippen molar-refractivity contribution in [1.82, 2.24) is 0 Å². The van der Waals surface area contributed by atoms with Gasteiger partial charge in [0.05, 0.1) is 11.4 Å². The predicted octanol–water partition coefficient (Wildman–Crippen LogP) is 2.58. The van der Waals surface area contributed by atoms with Crippen molar-refractivity contribution in [2.75, 3.05) is 17.7 Å². The van der Waals surface area contributed by atoms with E-state index >= 15 is 0 Å². The summed E-state index contributed by atoms with van der Waals surface area (Å²) in [6.07, 6.45) is 1.26. The van der Waals surface area contributed by atoms with Gasteiger partial charge in [0.25, 0.3) is 0 Å². The van der Waals surface area contributed by atoms with Crippen molar-refractivity contribution in [2.24, 2.45) is 0 Å². The minimum absolute atomic E-state index is 0.0423. The number of rotatable bonds is 7. The van der Waals surface area contributed by atoms with E-state index in [1.807, 2.05) is 6.92 Å². The number of alkyl halides is 2. The lowest BCUT2D eigenvalue weighted by Crippen LogP contribution is -2.17. The number of nitrogen functional groups attached to an aromatic ring is 1. The Bertz CT molecular complexity index is 416. The maximum absolute atomic E-state index is 13.3. The molecule has 1 aromatic carbocycles. The summed E-state index contributed by atoms with van der Waals surface area (Å²) in [5.41, 5.74) is 6.03. The first-order valence-electron chi connectivity index (χ1n) is 5.85. The fraction of sp³-hybridized carbons (Fsp3) is 0.500. The van der Waals surface area contributed by atoms with Crippen molar-refractivity contribution >= 4 is 11.4 Å². The van der Waals surface area contributed by atoms with Gasteiger partial charge in [0.2, 0.25) is 0 Å². The van der Waals surface area contributed by atoms with Gasteiger partial charge in [-0.25, -0.2) is 4.39 Å². The smallest absolute Gasteiger partial charge is 0.387 e. The van der Waals surface area contributed by atoms with Crippen LogP contribution in [0.2, 0.25) is 0 Å². The minimum atomic E-state index is -3.10. The number of nitrogens with two attached hydrogens (primary N) is 1. The Morgan fingerprint density at radius 2 is 2.11 bits per heavy atom. The van der Waals surface area contributed by atoms with Crippen molar-refractivity contribution in [3.05, 3.63) is 17.9 Å². The fourth-order valence-electron chi connectivity index (χ4n) is 1.62. The third kappa shape index (κ3) is 4.86. The van der Waals surface area contributed by atoms with Crippen molar-refractivity contribution in [3.63, 3.8) is 0 Å². The summed E-state index contributed by atoms with van der Waals surface area (Å²) in [6.45, 7) is -1.20. The van der Waals surface area contributed by atoms with Crippen LogP contribution in [0.5, 0.6) is 5.75 Å². The van der Waals surface area contributed by atoms with Gasteiger partial charge in [0.15, 0.2) is 11.6 Å². The van der Waals surface area contributed by atoms with Crippen LogP contribution in [0, 0.1) is 5.82 Å². The Labute approximate surface area is 109 Å². The molecule has 0 fully saturated rings. The first kappa shape index (κ1) is 15.4. The summed E-state index contributed by atoms with van der Waals surface area (Å²) >= 11 is 0. The van der Waals surface area contributed by atoms with Crippen LogP contribution < -0.4 is 15.8 Å². The number of benzene rings is 1. The molecule has 0 saturated heterocycles. The highest BCUT2D eigenvalue weighted by Gasteiger charge is 2.14. The van der Waals surface area contributed by atoms with E-state index in [1.54, 1.807) is 0 Å². The normalized spacial score (nSPS) is 12.5. The van der Waals surface area contributed by atoms with Crippen LogP contribution in [0.3, 0.4) is 0 Å². The van der Waals surface area contributed by atoms with Crippen LogP contribution in [0.1, 0.15) is 19.8 Å². The molecular formula is C12H17F3N2O2. The van der Waals surface area contributed by atoms with Gasteiger partial charge in [-0.15, -0.1) is 0 Å². The summed E-state index contributed by atoms with van der Waals surface area (Å²) < 4.78 is 41.6. The summed E-state index contributed by atoms with van der Waals surface area (Å²) in [5.74, 6) is -1.49. The van der Waals surface area contributed by atoms with Crippen molar-refractivity contribution in [2.45, 2.75) is 32.4 Å². The molecule has 0 amide bonds. The Kier molecular flexibility index (Phi) is 5.75. The fourth-order valence-corrected chi connectivity index (χ4v) is 1.62. The first-order valence-corrected chi connectivity index (χ1v) is 5.85. The highest BCUT2D eigenvalue weighted by Crippen LogP contribution is 2.30. The van der Waals surface area contributed by atoms with Gasteiger partial charge >= 0.3 is 6.61 Å². The van der Waals surface area contributed by atoms with Crippen LogP contribution in [0.15, 0.2) is 12.1 Å². The highest BCUT2D eigenvalue weighted by atomic mass is 19.3. The Morgan fingerprint density at radius 3 is 2.68 bits per heavy atom. The zero-order valence-corrected chi connectivity index (χ0v) is 10.5. The molecule has 0 aromatic heterocycles. The largest absolute Gasteiger partial charge is 0.432 e. The number of hydrogen-bond acceptors (Lipinski definition) is 4. The first-order chi connectivity index (χ1) is 8.93. The van der Waals surface area contributed by atoms with Crippen LogP contribution in [0.4, 0.5) is 24.5 Å². The summed E-state index contributed by atoms with van der Waals surface area (Å²) in [6, 6.07) is 1.99. The lowest BCUT2D eigenvalue weighted by Gasteiger charge is -2.17. The molecule has 1 atom stereocenters. The standard InChI is InChI=1S/C12H17F3N2O2/c1-7(3-2-4-18)17-10-6-11(19-12(14)15)8(13)5-9(10)16/h5-7,12,17-18H,2-4,16H2,1H3. The Morgan fingerprint density at radius 1 is 1.42 bits per heavy atom. The van der Waals surface area contributed by atoms with E-state index in [0.29, 0.717) is 18.5 Å². The molecule has 0 aliphatic carbocycles. The van der Waals surface area contributed by atoms with E-state index in [1.165, 1.54) is 0 Å². The van der Waals surface area contributed by atoms with Gasteiger partial charge in [-0.3, -0.25) is 0 Å². The molecule has 19 heavy (non-hydrogen) atoms. The van der Waals surface area contributed by atoms with Gasteiger partial charge in [0.1, 0.15) is 0 Å². The predicted molar refractivity (Wildman–Crippen MR) is 66.8 cm³/mol. The molecule has 0 saturated carbocycles. The van der Waals surface area contributed by atoms with E-state index in [4.69, 9.17) is 10.8 Å². The van der Waals surface area contributed by atoms with Gasteiger partial charge in [-0.2, -0.15) is 8.78 Å². The summed E-state index contributed by atoms with van der Waals surface area (Å²) in [5, 5.41) is 11.7. The van der Waals surface area contributed by atoms with Gasteiger partial charge < -0.3 is 20.9 Å². The summed E-state index contributed by atoms with van der Waals surface area (Å²) in [4.78, 5) is 0. The molecule has 4 nitrogen and oxygen atoms in total. The molecule has 108 valence electrons. The summed E-state index contributed by atoms with van der Waals surface area (Å²) in [7, 11) is 0. The number of nitrogens with one attached hydrogen (secondary N) is 1. The number of aliphatic hydroxyl groups excluding tert-OH is 1. The van der Waals surface area contributed by atoms with Crippen molar-refractivity contribution < 1.29 is 23.0 Å². The van der Waals surface area contributed by atoms with E-state index < -0.39 is 18.2 Å². The second-order valence-corrected chi connectivity index (χ2v) is 4.16. The van der Waals surface area contributed by atoms with E-state index in [2.05, 4.69) is 10.1 Å². The van der Waals surface area contributed by atoms with Gasteiger partial charge in [-0.05, 0) is 19.8 Å². The second kappa shape index (κ2) is 7.08. The zero-order valence-electron chi connectivity index (χ0n) is 10.5. The van der Waals surface area contributed by atoms with Crippen LogP contribution in [-0.4, -0.2) is 24.4 Å². The van der Waals surface area contributed by atoms with Gasteiger partial charge in [-0.1, -0.05) is 0 Å². The molecule has 0 aliphatic heterocycles. The molecule has 4 N–H and O–H groups in total. The molecule has 0 heterocycles. The number of ether oxygens (including phenoxy) is 1. The topological polar surface area (TPSA) is 67.5 Å². The Balaban J connectivity index is 2.82. The van der Waals surface area contributed by atoms with E-state index in [0.717, 1.165) is 12.1 Å². The molecule has 0 aliphatic rings. The van der Waals surface area contributed by atoms with E-state index in [-0.39, 0.29) is 18.3 Å². The van der Waals surface area contributed by atoms with Crippen LogP contribution >= 0.6 is 0 Å². The number of halogens is 3. The lowest BCUT2D eigenvalue weighted by atomic mass is 10.1. The van der Waals surface area contributed by atoms with E-state index in [9.17, 15) is 13.2 Å². The molecule has 1 aromatic rings. The molecule has 7 heteroatoms. The third-order valence-electron chi connectivity index (χ3n) is 2.52. The second-order valence-electron chi connectivity index (χ2n) is 4.16. The monoisotopic (exact) mass is 278 g/mol. The molecular weight excluding hydrogens is 261 g/mol. The van der Waals surface area contributed by atoms with Crippen LogP contribution in [-0.2, 0) is 0 Å². The van der Waals surface area contributed by atoms with Crippen molar-refractivity contribution in [1.29, 1.82) is 0 Å². The molecule has 1 unspecified atom stereocenters. The highest BCUT2D eigenvalue weighted by molar-refractivity contribution is 5.68.